The van der Waals surface area contributed by atoms with E-state index in [-0.39, 0.29) is 11.6 Å². The van der Waals surface area contributed by atoms with Crippen LogP contribution in [-0.4, -0.2) is 39.1 Å². The average molecular weight is 391 g/mol. The molecule has 1 fully saturated rings. The van der Waals surface area contributed by atoms with Crippen molar-refractivity contribution in [2.24, 2.45) is 0 Å². The fourth-order valence-electron chi connectivity index (χ4n) is 3.13. The quantitative estimate of drug-likeness (QED) is 0.648. The SMILES string of the molecule is O=C(O)c1cccc(Oc2nc(Nc3ccccc3)nc(N3CCCCC3)n2)c1. The third kappa shape index (κ3) is 4.78. The van der Waals surface area contributed by atoms with E-state index in [1.165, 1.54) is 18.6 Å². The lowest BCUT2D eigenvalue weighted by Gasteiger charge is -2.26. The molecular weight excluding hydrogens is 370 g/mol. The normalized spacial score (nSPS) is 13.7. The Morgan fingerprint density at radius 1 is 0.966 bits per heavy atom. The summed E-state index contributed by atoms with van der Waals surface area (Å²) in [5.74, 6) is 0.247. The molecule has 2 heterocycles. The molecule has 1 aromatic heterocycles. The molecular formula is C21H21N5O3. The Kier molecular flexibility index (Phi) is 5.51. The molecule has 0 amide bonds. The Bertz CT molecular complexity index is 991. The number of carbonyl (C=O) groups is 1. The summed E-state index contributed by atoms with van der Waals surface area (Å²) in [5, 5.41) is 12.4. The van der Waals surface area contributed by atoms with Crippen molar-refractivity contribution in [3.8, 4) is 11.8 Å². The molecule has 0 aliphatic carbocycles. The van der Waals surface area contributed by atoms with Crippen LogP contribution in [0.1, 0.15) is 29.6 Å². The summed E-state index contributed by atoms with van der Waals surface area (Å²) < 4.78 is 5.79. The highest BCUT2D eigenvalue weighted by molar-refractivity contribution is 5.88. The molecule has 1 saturated heterocycles. The van der Waals surface area contributed by atoms with Crippen LogP contribution in [0.5, 0.6) is 11.8 Å². The first-order valence-corrected chi connectivity index (χ1v) is 9.52. The van der Waals surface area contributed by atoms with Crippen molar-refractivity contribution >= 4 is 23.6 Å². The maximum Gasteiger partial charge on any atom is 0.335 e. The first-order valence-electron chi connectivity index (χ1n) is 9.52. The largest absolute Gasteiger partial charge is 0.478 e. The van der Waals surface area contributed by atoms with Gasteiger partial charge >= 0.3 is 12.0 Å². The van der Waals surface area contributed by atoms with Crippen LogP contribution in [0.25, 0.3) is 0 Å². The summed E-state index contributed by atoms with van der Waals surface area (Å²) in [6.45, 7) is 1.76. The monoisotopic (exact) mass is 391 g/mol. The molecule has 3 aromatic rings. The summed E-state index contributed by atoms with van der Waals surface area (Å²) in [5.41, 5.74) is 0.984. The number of hydrogen-bond donors (Lipinski definition) is 2. The van der Waals surface area contributed by atoms with Gasteiger partial charge in [-0.3, -0.25) is 0 Å². The van der Waals surface area contributed by atoms with Gasteiger partial charge in [-0.15, -0.1) is 0 Å². The molecule has 1 aliphatic heterocycles. The fourth-order valence-corrected chi connectivity index (χ4v) is 3.13. The van der Waals surface area contributed by atoms with Gasteiger partial charge in [0.1, 0.15) is 5.75 Å². The molecule has 2 N–H and O–H groups in total. The van der Waals surface area contributed by atoms with Crippen molar-refractivity contribution in [1.82, 2.24) is 15.0 Å². The highest BCUT2D eigenvalue weighted by Gasteiger charge is 2.17. The highest BCUT2D eigenvalue weighted by atomic mass is 16.5. The molecule has 0 spiro atoms. The number of benzene rings is 2. The van der Waals surface area contributed by atoms with Crippen molar-refractivity contribution in [2.75, 3.05) is 23.3 Å². The Labute approximate surface area is 168 Å². The lowest BCUT2D eigenvalue weighted by atomic mass is 10.1. The number of aromatic carboxylic acids is 1. The van der Waals surface area contributed by atoms with Crippen molar-refractivity contribution in [2.45, 2.75) is 19.3 Å². The third-order valence-electron chi connectivity index (χ3n) is 4.56. The second-order valence-electron chi connectivity index (χ2n) is 6.72. The van der Waals surface area contributed by atoms with Gasteiger partial charge in [0.2, 0.25) is 11.9 Å². The maximum absolute atomic E-state index is 11.2. The molecule has 0 atom stereocenters. The molecule has 29 heavy (non-hydrogen) atoms. The zero-order valence-electron chi connectivity index (χ0n) is 15.8. The Hall–Kier alpha value is -3.68. The van der Waals surface area contributed by atoms with Crippen LogP contribution in [0, 0.1) is 0 Å². The fraction of sp³-hybridized carbons (Fsp3) is 0.238. The summed E-state index contributed by atoms with van der Waals surface area (Å²) in [4.78, 5) is 26.7. The molecule has 0 bridgehead atoms. The van der Waals surface area contributed by atoms with Crippen LogP contribution in [0.15, 0.2) is 54.6 Å². The number of anilines is 3. The molecule has 4 rings (SSSR count). The van der Waals surface area contributed by atoms with Crippen LogP contribution < -0.4 is 15.0 Å². The Morgan fingerprint density at radius 3 is 2.52 bits per heavy atom. The topological polar surface area (TPSA) is 100 Å². The predicted octanol–water partition coefficient (Wildman–Crippen LogP) is 4.10. The van der Waals surface area contributed by atoms with Gasteiger partial charge in [-0.1, -0.05) is 24.3 Å². The van der Waals surface area contributed by atoms with E-state index in [1.54, 1.807) is 12.1 Å². The summed E-state index contributed by atoms with van der Waals surface area (Å²) in [6.07, 6.45) is 3.37. The van der Waals surface area contributed by atoms with Crippen LogP contribution >= 0.6 is 0 Å². The van der Waals surface area contributed by atoms with Crippen molar-refractivity contribution in [3.63, 3.8) is 0 Å². The number of rotatable bonds is 6. The number of para-hydroxylation sites is 1. The number of nitrogens with zero attached hydrogens (tertiary/aromatic N) is 4. The van der Waals surface area contributed by atoms with E-state index >= 15 is 0 Å². The molecule has 0 saturated carbocycles. The van der Waals surface area contributed by atoms with Crippen LogP contribution in [-0.2, 0) is 0 Å². The number of piperidine rings is 1. The second-order valence-corrected chi connectivity index (χ2v) is 6.72. The second kappa shape index (κ2) is 8.55. The molecule has 0 unspecified atom stereocenters. The first-order chi connectivity index (χ1) is 14.2. The average Bonchev–Trinajstić information content (AvgIpc) is 2.75. The summed E-state index contributed by atoms with van der Waals surface area (Å²) in [7, 11) is 0. The molecule has 2 aromatic carbocycles. The van der Waals surface area contributed by atoms with E-state index in [1.807, 2.05) is 30.3 Å². The minimum Gasteiger partial charge on any atom is -0.478 e. The van der Waals surface area contributed by atoms with Crippen molar-refractivity contribution in [3.05, 3.63) is 60.2 Å². The van der Waals surface area contributed by atoms with Gasteiger partial charge in [0, 0.05) is 18.8 Å². The molecule has 1 aliphatic rings. The number of ether oxygens (including phenoxy) is 1. The molecule has 0 radical (unpaired) electrons. The lowest BCUT2D eigenvalue weighted by Crippen LogP contribution is -2.31. The van der Waals surface area contributed by atoms with Gasteiger partial charge in [-0.2, -0.15) is 15.0 Å². The number of carboxylic acids is 1. The van der Waals surface area contributed by atoms with Crippen LogP contribution in [0.4, 0.5) is 17.6 Å². The van der Waals surface area contributed by atoms with Crippen LogP contribution in [0.2, 0.25) is 0 Å². The van der Waals surface area contributed by atoms with E-state index < -0.39 is 5.97 Å². The number of carboxylic acid groups (broad SMARTS) is 1. The smallest absolute Gasteiger partial charge is 0.335 e. The van der Waals surface area contributed by atoms with E-state index in [2.05, 4.69) is 25.2 Å². The van der Waals surface area contributed by atoms with Gasteiger partial charge in [0.25, 0.3) is 0 Å². The minimum atomic E-state index is -1.02. The van der Waals surface area contributed by atoms with E-state index in [4.69, 9.17) is 4.74 Å². The number of hydrogen-bond acceptors (Lipinski definition) is 7. The summed E-state index contributed by atoms with van der Waals surface area (Å²) in [6, 6.07) is 16.0. The Balaban J connectivity index is 1.65. The zero-order chi connectivity index (χ0) is 20.1. The lowest BCUT2D eigenvalue weighted by molar-refractivity contribution is 0.0696. The zero-order valence-corrected chi connectivity index (χ0v) is 15.8. The third-order valence-corrected chi connectivity index (χ3v) is 4.56. The van der Waals surface area contributed by atoms with Gasteiger partial charge in [0.15, 0.2) is 0 Å². The number of nitrogens with one attached hydrogen (secondary N) is 1. The summed E-state index contributed by atoms with van der Waals surface area (Å²) >= 11 is 0. The number of aromatic nitrogens is 3. The minimum absolute atomic E-state index is 0.113. The molecule has 148 valence electrons. The Morgan fingerprint density at radius 2 is 1.76 bits per heavy atom. The van der Waals surface area contributed by atoms with Crippen LogP contribution in [0.3, 0.4) is 0 Å². The van der Waals surface area contributed by atoms with Crippen molar-refractivity contribution < 1.29 is 14.6 Å². The van der Waals surface area contributed by atoms with E-state index in [9.17, 15) is 9.90 Å². The van der Waals surface area contributed by atoms with Gasteiger partial charge < -0.3 is 20.1 Å². The van der Waals surface area contributed by atoms with E-state index in [0.29, 0.717) is 17.6 Å². The van der Waals surface area contributed by atoms with Gasteiger partial charge in [0.05, 0.1) is 5.56 Å². The van der Waals surface area contributed by atoms with Crippen molar-refractivity contribution in [1.29, 1.82) is 0 Å². The molecule has 8 nitrogen and oxygen atoms in total. The highest BCUT2D eigenvalue weighted by Crippen LogP contribution is 2.25. The molecule has 8 heteroatoms. The first kappa shape index (κ1) is 18.7. The standard InChI is InChI=1S/C21H21N5O3/c27-18(28)15-8-7-11-17(14-15)29-21-24-19(22-16-9-3-1-4-10-16)23-20(25-21)26-12-5-2-6-13-26/h1,3-4,7-11,14H,2,5-6,12-13H2,(H,27,28)(H,22,23,24,25). The van der Waals surface area contributed by atoms with E-state index in [0.717, 1.165) is 31.6 Å². The predicted molar refractivity (Wildman–Crippen MR) is 109 cm³/mol. The van der Waals surface area contributed by atoms with Gasteiger partial charge in [-0.25, -0.2) is 4.79 Å². The maximum atomic E-state index is 11.2. The van der Waals surface area contributed by atoms with Gasteiger partial charge in [-0.05, 0) is 49.6 Å².